The van der Waals surface area contributed by atoms with Gasteiger partial charge in [-0.3, -0.25) is 0 Å². The highest BCUT2D eigenvalue weighted by Crippen LogP contribution is 2.22. The molecule has 2 rings (SSSR count). The van der Waals surface area contributed by atoms with Crippen molar-refractivity contribution < 1.29 is 8.42 Å². The standard InChI is InChI=1S/C14H20N2O2S/c1-11-5-7-16(8-6-11)19(17,18)14-4-3-12(2)13(9-14)10-15/h3-5,9H,6-8,10,15H2,1-2H3. The summed E-state index contributed by atoms with van der Waals surface area (Å²) in [5.41, 5.74) is 8.79. The summed E-state index contributed by atoms with van der Waals surface area (Å²) in [5.74, 6) is 0. The lowest BCUT2D eigenvalue weighted by atomic mass is 10.1. The molecule has 0 atom stereocenters. The summed E-state index contributed by atoms with van der Waals surface area (Å²) in [6, 6.07) is 5.17. The van der Waals surface area contributed by atoms with Crippen LogP contribution in [0.2, 0.25) is 0 Å². The van der Waals surface area contributed by atoms with Crippen molar-refractivity contribution in [1.82, 2.24) is 4.31 Å². The number of rotatable bonds is 3. The third-order valence-corrected chi connectivity index (χ3v) is 5.44. The zero-order valence-corrected chi connectivity index (χ0v) is 12.2. The molecule has 0 radical (unpaired) electrons. The van der Waals surface area contributed by atoms with Crippen LogP contribution in [0.3, 0.4) is 0 Å². The molecule has 1 aromatic rings. The van der Waals surface area contributed by atoms with Crippen LogP contribution in [0.1, 0.15) is 24.5 Å². The predicted octanol–water partition coefficient (Wildman–Crippen LogP) is 1.79. The van der Waals surface area contributed by atoms with E-state index >= 15 is 0 Å². The molecular weight excluding hydrogens is 260 g/mol. The van der Waals surface area contributed by atoms with E-state index in [-0.39, 0.29) is 0 Å². The van der Waals surface area contributed by atoms with Gasteiger partial charge < -0.3 is 5.73 Å². The summed E-state index contributed by atoms with van der Waals surface area (Å²) in [7, 11) is -3.40. The largest absolute Gasteiger partial charge is 0.326 e. The Labute approximate surface area is 115 Å². The number of benzene rings is 1. The van der Waals surface area contributed by atoms with E-state index in [0.717, 1.165) is 17.5 Å². The van der Waals surface area contributed by atoms with Crippen LogP contribution in [0.15, 0.2) is 34.7 Å². The number of sulfonamides is 1. The van der Waals surface area contributed by atoms with E-state index in [1.165, 1.54) is 9.88 Å². The molecule has 1 heterocycles. The van der Waals surface area contributed by atoms with Crippen molar-refractivity contribution in [1.29, 1.82) is 0 Å². The van der Waals surface area contributed by atoms with Crippen LogP contribution >= 0.6 is 0 Å². The minimum Gasteiger partial charge on any atom is -0.326 e. The number of nitrogens with zero attached hydrogens (tertiary/aromatic N) is 1. The molecule has 0 fully saturated rings. The summed E-state index contributed by atoms with van der Waals surface area (Å²) in [4.78, 5) is 0.339. The second-order valence-corrected chi connectivity index (χ2v) is 6.89. The van der Waals surface area contributed by atoms with Crippen LogP contribution in [0.4, 0.5) is 0 Å². The molecular formula is C14H20N2O2S. The number of aryl methyl sites for hydroxylation is 1. The third-order valence-electron chi connectivity index (χ3n) is 3.58. The average molecular weight is 280 g/mol. The molecule has 19 heavy (non-hydrogen) atoms. The molecule has 2 N–H and O–H groups in total. The van der Waals surface area contributed by atoms with Crippen molar-refractivity contribution in [3.63, 3.8) is 0 Å². The SMILES string of the molecule is CC1=CCN(S(=O)(=O)c2ccc(C)c(CN)c2)CC1. The Hall–Kier alpha value is -1.17. The van der Waals surface area contributed by atoms with Gasteiger partial charge in [0.15, 0.2) is 0 Å². The molecule has 1 aliphatic heterocycles. The molecule has 0 saturated carbocycles. The van der Waals surface area contributed by atoms with Crippen molar-refractivity contribution in [2.24, 2.45) is 5.73 Å². The highest BCUT2D eigenvalue weighted by molar-refractivity contribution is 7.89. The fourth-order valence-electron chi connectivity index (χ4n) is 2.15. The van der Waals surface area contributed by atoms with Gasteiger partial charge in [-0.15, -0.1) is 0 Å². The Bertz CT molecular complexity index is 606. The van der Waals surface area contributed by atoms with Crippen molar-refractivity contribution in [2.75, 3.05) is 13.1 Å². The summed E-state index contributed by atoms with van der Waals surface area (Å²) >= 11 is 0. The van der Waals surface area contributed by atoms with E-state index in [1.807, 2.05) is 26.0 Å². The molecule has 1 aliphatic rings. The van der Waals surface area contributed by atoms with Crippen molar-refractivity contribution in [2.45, 2.75) is 31.7 Å². The monoisotopic (exact) mass is 280 g/mol. The Morgan fingerprint density at radius 3 is 2.63 bits per heavy atom. The minimum absolute atomic E-state index is 0.339. The fourth-order valence-corrected chi connectivity index (χ4v) is 3.58. The molecule has 0 aromatic heterocycles. The van der Waals surface area contributed by atoms with Gasteiger partial charge in [0.2, 0.25) is 10.0 Å². The zero-order valence-electron chi connectivity index (χ0n) is 11.4. The summed E-state index contributed by atoms with van der Waals surface area (Å²) in [6.07, 6.45) is 2.77. The normalized spacial score (nSPS) is 17.3. The first-order chi connectivity index (χ1) is 8.95. The molecule has 5 heteroatoms. The second kappa shape index (κ2) is 5.45. The van der Waals surface area contributed by atoms with E-state index in [1.54, 1.807) is 12.1 Å². The molecule has 104 valence electrons. The topological polar surface area (TPSA) is 63.4 Å². The maximum Gasteiger partial charge on any atom is 0.243 e. The van der Waals surface area contributed by atoms with E-state index in [9.17, 15) is 8.42 Å². The van der Waals surface area contributed by atoms with Crippen LogP contribution in [0, 0.1) is 6.92 Å². The lowest BCUT2D eigenvalue weighted by molar-refractivity contribution is 0.431. The van der Waals surface area contributed by atoms with Crippen molar-refractivity contribution in [3.8, 4) is 0 Å². The number of nitrogens with two attached hydrogens (primary N) is 1. The summed E-state index contributed by atoms with van der Waals surface area (Å²) < 4.78 is 26.6. The smallest absolute Gasteiger partial charge is 0.243 e. The Morgan fingerprint density at radius 2 is 2.05 bits per heavy atom. The molecule has 1 aromatic carbocycles. The van der Waals surface area contributed by atoms with Gasteiger partial charge in [0.1, 0.15) is 0 Å². The Morgan fingerprint density at radius 1 is 1.32 bits per heavy atom. The van der Waals surface area contributed by atoms with Gasteiger partial charge >= 0.3 is 0 Å². The fraction of sp³-hybridized carbons (Fsp3) is 0.429. The Kier molecular flexibility index (Phi) is 4.08. The maximum absolute atomic E-state index is 12.5. The first-order valence-corrected chi connectivity index (χ1v) is 7.84. The van der Waals surface area contributed by atoms with Gasteiger partial charge in [0, 0.05) is 19.6 Å². The minimum atomic E-state index is -3.40. The van der Waals surface area contributed by atoms with Crippen LogP contribution in [-0.4, -0.2) is 25.8 Å². The van der Waals surface area contributed by atoms with Crippen molar-refractivity contribution >= 4 is 10.0 Å². The first kappa shape index (κ1) is 14.2. The molecule has 0 saturated heterocycles. The highest BCUT2D eigenvalue weighted by atomic mass is 32.2. The van der Waals surface area contributed by atoms with E-state index in [2.05, 4.69) is 0 Å². The first-order valence-electron chi connectivity index (χ1n) is 6.40. The molecule has 0 unspecified atom stereocenters. The zero-order chi connectivity index (χ0) is 14.0. The van der Waals surface area contributed by atoms with Crippen LogP contribution in [-0.2, 0) is 16.6 Å². The van der Waals surface area contributed by atoms with Gasteiger partial charge in [-0.1, -0.05) is 17.7 Å². The van der Waals surface area contributed by atoms with E-state index in [4.69, 9.17) is 5.73 Å². The van der Waals surface area contributed by atoms with Gasteiger partial charge in [-0.25, -0.2) is 8.42 Å². The molecule has 0 bridgehead atoms. The van der Waals surface area contributed by atoms with Gasteiger partial charge in [-0.2, -0.15) is 4.31 Å². The molecule has 0 spiro atoms. The lowest BCUT2D eigenvalue weighted by Crippen LogP contribution is -2.34. The van der Waals surface area contributed by atoms with Crippen LogP contribution in [0.5, 0.6) is 0 Å². The number of hydrogen-bond acceptors (Lipinski definition) is 3. The summed E-state index contributed by atoms with van der Waals surface area (Å²) in [6.45, 7) is 5.33. The predicted molar refractivity (Wildman–Crippen MR) is 76.2 cm³/mol. The Balaban J connectivity index is 2.35. The lowest BCUT2D eigenvalue weighted by Gasteiger charge is -2.25. The highest BCUT2D eigenvalue weighted by Gasteiger charge is 2.25. The second-order valence-electron chi connectivity index (χ2n) is 4.96. The van der Waals surface area contributed by atoms with Gasteiger partial charge in [-0.05, 0) is 43.5 Å². The van der Waals surface area contributed by atoms with Crippen molar-refractivity contribution in [3.05, 3.63) is 41.0 Å². The van der Waals surface area contributed by atoms with Crippen LogP contribution < -0.4 is 5.73 Å². The average Bonchev–Trinajstić information content (AvgIpc) is 2.39. The quantitative estimate of drug-likeness (QED) is 0.859. The molecule has 0 amide bonds. The van der Waals surface area contributed by atoms with Crippen LogP contribution in [0.25, 0.3) is 0 Å². The maximum atomic E-state index is 12.5. The van der Waals surface area contributed by atoms with E-state index in [0.29, 0.717) is 24.5 Å². The summed E-state index contributed by atoms with van der Waals surface area (Å²) in [5, 5.41) is 0. The van der Waals surface area contributed by atoms with E-state index < -0.39 is 10.0 Å². The third kappa shape index (κ3) is 2.88. The number of hydrogen-bond donors (Lipinski definition) is 1. The molecule has 0 aliphatic carbocycles. The van der Waals surface area contributed by atoms with Gasteiger partial charge in [0.05, 0.1) is 4.90 Å². The molecule has 4 nitrogen and oxygen atoms in total. The van der Waals surface area contributed by atoms with Gasteiger partial charge in [0.25, 0.3) is 0 Å².